The van der Waals surface area contributed by atoms with Crippen molar-refractivity contribution in [3.8, 4) is 16.4 Å². The zero-order chi connectivity index (χ0) is 17.1. The van der Waals surface area contributed by atoms with Crippen LogP contribution in [-0.2, 0) is 0 Å². The van der Waals surface area contributed by atoms with E-state index in [1.165, 1.54) is 23.5 Å². The van der Waals surface area contributed by atoms with Crippen LogP contribution < -0.4 is 0 Å². The minimum Gasteiger partial charge on any atom is -0.336 e. The molecule has 0 aliphatic heterocycles. The van der Waals surface area contributed by atoms with E-state index in [9.17, 15) is 9.18 Å². The molecule has 24 heavy (non-hydrogen) atoms. The average molecular weight is 344 g/mol. The van der Waals surface area contributed by atoms with E-state index in [0.29, 0.717) is 24.6 Å². The van der Waals surface area contributed by atoms with Crippen molar-refractivity contribution in [1.82, 2.24) is 19.7 Å². The molecular formula is C17H17FN4OS. The number of hydrogen-bond donors (Lipinski definition) is 0. The molecule has 2 heterocycles. The van der Waals surface area contributed by atoms with Gasteiger partial charge in [-0.25, -0.2) is 14.1 Å². The Morgan fingerprint density at radius 3 is 2.50 bits per heavy atom. The number of thiophene rings is 1. The van der Waals surface area contributed by atoms with Crippen LogP contribution in [-0.4, -0.2) is 38.7 Å². The van der Waals surface area contributed by atoms with E-state index in [1.807, 2.05) is 31.4 Å². The van der Waals surface area contributed by atoms with Crippen LogP contribution in [0.1, 0.15) is 24.5 Å². The normalized spacial score (nSPS) is 10.8. The molecule has 0 spiro atoms. The van der Waals surface area contributed by atoms with Crippen LogP contribution in [0.4, 0.5) is 4.39 Å². The van der Waals surface area contributed by atoms with E-state index >= 15 is 0 Å². The van der Waals surface area contributed by atoms with Gasteiger partial charge in [-0.1, -0.05) is 6.07 Å². The highest BCUT2D eigenvalue weighted by Crippen LogP contribution is 2.26. The minimum absolute atomic E-state index is 0.145. The van der Waals surface area contributed by atoms with Crippen LogP contribution in [0, 0.1) is 5.82 Å². The zero-order valence-electron chi connectivity index (χ0n) is 13.4. The molecule has 2 aromatic heterocycles. The highest BCUT2D eigenvalue weighted by Gasteiger charge is 2.22. The van der Waals surface area contributed by atoms with Crippen LogP contribution in [0.25, 0.3) is 16.4 Å². The SMILES string of the molecule is CCN(CC)C(=O)c1nc(-c2cccs2)n(-c2ccc(F)cc2)n1. The summed E-state index contributed by atoms with van der Waals surface area (Å²) in [6, 6.07) is 9.79. The first-order valence-electron chi connectivity index (χ1n) is 7.70. The summed E-state index contributed by atoms with van der Waals surface area (Å²) in [5, 5.41) is 6.32. The Morgan fingerprint density at radius 2 is 1.92 bits per heavy atom. The molecule has 0 unspecified atom stereocenters. The third-order valence-corrected chi connectivity index (χ3v) is 4.53. The second-order valence-electron chi connectivity index (χ2n) is 5.10. The van der Waals surface area contributed by atoms with Gasteiger partial charge in [-0.2, -0.15) is 0 Å². The van der Waals surface area contributed by atoms with E-state index in [1.54, 1.807) is 21.7 Å². The lowest BCUT2D eigenvalue weighted by Crippen LogP contribution is -2.31. The Bertz CT molecular complexity index is 823. The van der Waals surface area contributed by atoms with Crippen molar-refractivity contribution in [1.29, 1.82) is 0 Å². The molecule has 0 aliphatic carbocycles. The number of benzene rings is 1. The van der Waals surface area contributed by atoms with Gasteiger partial charge in [0, 0.05) is 13.1 Å². The summed E-state index contributed by atoms with van der Waals surface area (Å²) in [5.74, 6) is 0.188. The first-order chi connectivity index (χ1) is 11.6. The van der Waals surface area contributed by atoms with Gasteiger partial charge in [0.05, 0.1) is 10.6 Å². The highest BCUT2D eigenvalue weighted by molar-refractivity contribution is 7.13. The van der Waals surface area contributed by atoms with Gasteiger partial charge in [-0.15, -0.1) is 16.4 Å². The molecule has 1 aromatic carbocycles. The highest BCUT2D eigenvalue weighted by atomic mass is 32.1. The Morgan fingerprint density at radius 1 is 1.21 bits per heavy atom. The van der Waals surface area contributed by atoms with Gasteiger partial charge < -0.3 is 4.90 Å². The summed E-state index contributed by atoms with van der Waals surface area (Å²) in [6.45, 7) is 5.01. The third-order valence-electron chi connectivity index (χ3n) is 3.66. The number of carbonyl (C=O) groups excluding carboxylic acids is 1. The van der Waals surface area contributed by atoms with Crippen molar-refractivity contribution < 1.29 is 9.18 Å². The molecule has 3 rings (SSSR count). The molecule has 0 saturated heterocycles. The number of rotatable bonds is 5. The summed E-state index contributed by atoms with van der Waals surface area (Å²) in [5.41, 5.74) is 0.658. The van der Waals surface area contributed by atoms with Crippen molar-refractivity contribution in [3.63, 3.8) is 0 Å². The standard InChI is InChI=1S/C17H17FN4OS/c1-3-21(4-2)17(23)15-19-16(14-6-5-11-24-14)22(20-15)13-9-7-12(18)8-10-13/h5-11H,3-4H2,1-2H3. The number of halogens is 1. The van der Waals surface area contributed by atoms with E-state index in [0.717, 1.165) is 4.88 Å². The Kier molecular flexibility index (Phi) is 4.71. The van der Waals surface area contributed by atoms with E-state index in [4.69, 9.17) is 0 Å². The maximum atomic E-state index is 13.2. The van der Waals surface area contributed by atoms with E-state index < -0.39 is 0 Å². The Hall–Kier alpha value is -2.54. The lowest BCUT2D eigenvalue weighted by atomic mass is 10.3. The second-order valence-corrected chi connectivity index (χ2v) is 6.05. The van der Waals surface area contributed by atoms with Gasteiger partial charge in [-0.3, -0.25) is 4.79 Å². The van der Waals surface area contributed by atoms with Crippen molar-refractivity contribution in [2.75, 3.05) is 13.1 Å². The van der Waals surface area contributed by atoms with Crippen LogP contribution in [0.15, 0.2) is 41.8 Å². The molecular weight excluding hydrogens is 327 g/mol. The van der Waals surface area contributed by atoms with Crippen molar-refractivity contribution in [2.24, 2.45) is 0 Å². The van der Waals surface area contributed by atoms with Crippen molar-refractivity contribution in [2.45, 2.75) is 13.8 Å². The summed E-state index contributed by atoms with van der Waals surface area (Å²) in [7, 11) is 0. The fourth-order valence-electron chi connectivity index (χ4n) is 2.38. The van der Waals surface area contributed by atoms with Gasteiger partial charge in [0.1, 0.15) is 5.82 Å². The number of amides is 1. The molecule has 7 heteroatoms. The molecule has 0 bridgehead atoms. The molecule has 0 radical (unpaired) electrons. The Labute approximate surface area is 143 Å². The van der Waals surface area contributed by atoms with Crippen LogP contribution in [0.2, 0.25) is 0 Å². The fraction of sp³-hybridized carbons (Fsp3) is 0.235. The van der Waals surface area contributed by atoms with Gasteiger partial charge in [0.2, 0.25) is 5.82 Å². The van der Waals surface area contributed by atoms with Crippen LogP contribution >= 0.6 is 11.3 Å². The molecule has 124 valence electrons. The summed E-state index contributed by atoms with van der Waals surface area (Å²) >= 11 is 1.51. The summed E-state index contributed by atoms with van der Waals surface area (Å²) < 4.78 is 14.8. The topological polar surface area (TPSA) is 51.0 Å². The molecule has 5 nitrogen and oxygen atoms in total. The van der Waals surface area contributed by atoms with Crippen LogP contribution in [0.5, 0.6) is 0 Å². The Balaban J connectivity index is 2.09. The molecule has 0 atom stereocenters. The average Bonchev–Trinajstić information content (AvgIpc) is 3.26. The summed E-state index contributed by atoms with van der Waals surface area (Å²) in [4.78, 5) is 19.6. The molecule has 0 fully saturated rings. The first-order valence-corrected chi connectivity index (χ1v) is 8.58. The van der Waals surface area contributed by atoms with Gasteiger partial charge in [0.15, 0.2) is 5.82 Å². The molecule has 0 saturated carbocycles. The summed E-state index contributed by atoms with van der Waals surface area (Å²) in [6.07, 6.45) is 0. The van der Waals surface area contributed by atoms with Crippen molar-refractivity contribution in [3.05, 3.63) is 53.4 Å². The first kappa shape index (κ1) is 16.3. The molecule has 3 aromatic rings. The van der Waals surface area contributed by atoms with Gasteiger partial charge in [-0.05, 0) is 49.6 Å². The molecule has 1 amide bonds. The largest absolute Gasteiger partial charge is 0.336 e. The lowest BCUT2D eigenvalue weighted by molar-refractivity contribution is 0.0761. The maximum Gasteiger partial charge on any atom is 0.293 e. The quantitative estimate of drug-likeness (QED) is 0.710. The predicted octanol–water partition coefficient (Wildman–Crippen LogP) is 3.62. The predicted molar refractivity (Wildman–Crippen MR) is 91.9 cm³/mol. The molecule has 0 aliphatic rings. The van der Waals surface area contributed by atoms with Gasteiger partial charge >= 0.3 is 0 Å². The number of nitrogens with zero attached hydrogens (tertiary/aromatic N) is 4. The lowest BCUT2D eigenvalue weighted by Gasteiger charge is -2.15. The molecule has 0 N–H and O–H groups in total. The number of hydrogen-bond acceptors (Lipinski definition) is 4. The van der Waals surface area contributed by atoms with E-state index in [2.05, 4.69) is 10.1 Å². The second kappa shape index (κ2) is 6.92. The number of carbonyl (C=O) groups is 1. The zero-order valence-corrected chi connectivity index (χ0v) is 14.3. The fourth-order valence-corrected chi connectivity index (χ4v) is 3.08. The van der Waals surface area contributed by atoms with Crippen molar-refractivity contribution >= 4 is 17.2 Å². The monoisotopic (exact) mass is 344 g/mol. The van der Waals surface area contributed by atoms with Gasteiger partial charge in [0.25, 0.3) is 5.91 Å². The smallest absolute Gasteiger partial charge is 0.293 e. The third kappa shape index (κ3) is 3.07. The number of aromatic nitrogens is 3. The maximum absolute atomic E-state index is 13.2. The van der Waals surface area contributed by atoms with Crippen LogP contribution in [0.3, 0.4) is 0 Å². The minimum atomic E-state index is -0.323. The van der Waals surface area contributed by atoms with E-state index in [-0.39, 0.29) is 17.5 Å².